The summed E-state index contributed by atoms with van der Waals surface area (Å²) in [5.74, 6) is 0.0932. The second-order valence-electron chi connectivity index (χ2n) is 7.05. The van der Waals surface area contributed by atoms with Gasteiger partial charge in [-0.25, -0.2) is 4.39 Å². The first kappa shape index (κ1) is 17.0. The number of hydrogen-bond donors (Lipinski definition) is 0. The zero-order valence-corrected chi connectivity index (χ0v) is 14.5. The molecule has 0 aromatic heterocycles. The van der Waals surface area contributed by atoms with E-state index >= 15 is 0 Å². The zero-order valence-electron chi connectivity index (χ0n) is 14.5. The Hall–Kier alpha value is -1.85. The van der Waals surface area contributed by atoms with Gasteiger partial charge in [-0.2, -0.15) is 0 Å². The lowest BCUT2D eigenvalue weighted by Gasteiger charge is -2.32. The number of ether oxygens (including phenoxy) is 1. The summed E-state index contributed by atoms with van der Waals surface area (Å²) in [5.41, 5.74) is 0.438. The summed E-state index contributed by atoms with van der Waals surface area (Å²) in [6.45, 7) is 8.19. The van der Waals surface area contributed by atoms with Crippen molar-refractivity contribution in [2.24, 2.45) is 0 Å². The van der Waals surface area contributed by atoms with E-state index in [1.807, 2.05) is 58.0 Å². The highest BCUT2D eigenvalue weighted by atomic mass is 19.1. The summed E-state index contributed by atoms with van der Waals surface area (Å²) in [4.78, 5) is 0. The van der Waals surface area contributed by atoms with Crippen LogP contribution in [0.3, 0.4) is 0 Å². The van der Waals surface area contributed by atoms with Crippen molar-refractivity contribution in [2.75, 3.05) is 0 Å². The lowest BCUT2D eigenvalue weighted by Crippen LogP contribution is -2.41. The van der Waals surface area contributed by atoms with Gasteiger partial charge in [-0.3, -0.25) is 0 Å². The molecule has 1 fully saturated rings. The number of hydrogen-bond acceptors (Lipinski definition) is 3. The number of rotatable bonds is 4. The normalized spacial score (nSPS) is 18.6. The second kappa shape index (κ2) is 6.23. The predicted octanol–water partition coefficient (Wildman–Crippen LogP) is 3.70. The Morgan fingerprint density at radius 3 is 2.17 bits per heavy atom. The van der Waals surface area contributed by atoms with E-state index in [9.17, 15) is 4.39 Å². The molecular weight excluding hydrogens is 306 g/mol. The summed E-state index contributed by atoms with van der Waals surface area (Å²) in [6.07, 6.45) is 0. The van der Waals surface area contributed by atoms with Gasteiger partial charge in [-0.05, 0) is 39.3 Å². The number of halogens is 1. The largest absolute Gasteiger partial charge is 0.497 e. The van der Waals surface area contributed by atoms with Crippen molar-refractivity contribution in [3.63, 3.8) is 0 Å². The predicted molar refractivity (Wildman–Crippen MR) is 92.9 cm³/mol. The van der Waals surface area contributed by atoms with E-state index < -0.39 is 18.3 Å². The standard InChI is InChI=1S/C19H22BFO3/c1-18(2)19(3,4)24-20(23-18)16-11-10-15(12-17(16)21)22-13-14-8-6-5-7-9-14/h5-12H,13H2,1-4H3. The highest BCUT2D eigenvalue weighted by Gasteiger charge is 2.52. The van der Waals surface area contributed by atoms with Gasteiger partial charge in [0.1, 0.15) is 18.2 Å². The third-order valence-corrected chi connectivity index (χ3v) is 4.73. The second-order valence-corrected chi connectivity index (χ2v) is 7.05. The molecule has 0 saturated carbocycles. The van der Waals surface area contributed by atoms with E-state index in [2.05, 4.69) is 0 Å². The van der Waals surface area contributed by atoms with Gasteiger partial charge in [0.2, 0.25) is 0 Å². The summed E-state index contributed by atoms with van der Waals surface area (Å²) in [5, 5.41) is 0. The van der Waals surface area contributed by atoms with Crippen LogP contribution in [0.1, 0.15) is 33.3 Å². The molecule has 1 heterocycles. The van der Waals surface area contributed by atoms with Crippen LogP contribution in [0.15, 0.2) is 48.5 Å². The van der Waals surface area contributed by atoms with Crippen LogP contribution in [0.5, 0.6) is 5.75 Å². The van der Waals surface area contributed by atoms with Crippen molar-refractivity contribution in [1.29, 1.82) is 0 Å². The summed E-state index contributed by atoms with van der Waals surface area (Å²) in [7, 11) is -0.710. The molecule has 0 N–H and O–H groups in total. The van der Waals surface area contributed by atoms with Crippen LogP contribution in [0.25, 0.3) is 0 Å². The van der Waals surface area contributed by atoms with E-state index in [4.69, 9.17) is 14.0 Å². The van der Waals surface area contributed by atoms with Crippen LogP contribution in [-0.4, -0.2) is 18.3 Å². The van der Waals surface area contributed by atoms with Gasteiger partial charge in [0, 0.05) is 11.5 Å². The van der Waals surface area contributed by atoms with E-state index in [1.165, 1.54) is 6.07 Å². The van der Waals surface area contributed by atoms with E-state index in [-0.39, 0.29) is 5.82 Å². The summed E-state index contributed by atoms with van der Waals surface area (Å²) < 4.78 is 31.9. The molecule has 1 saturated heterocycles. The molecule has 0 unspecified atom stereocenters. The Kier molecular flexibility index (Phi) is 4.41. The van der Waals surface area contributed by atoms with Crippen LogP contribution in [-0.2, 0) is 15.9 Å². The maximum Gasteiger partial charge on any atom is 0.497 e. The maximum absolute atomic E-state index is 14.5. The van der Waals surface area contributed by atoms with Gasteiger partial charge in [-0.1, -0.05) is 36.4 Å². The average Bonchev–Trinajstić information content (AvgIpc) is 2.74. The average molecular weight is 328 g/mol. The van der Waals surface area contributed by atoms with Crippen molar-refractivity contribution in [2.45, 2.75) is 45.5 Å². The molecule has 126 valence electrons. The van der Waals surface area contributed by atoms with Gasteiger partial charge >= 0.3 is 7.12 Å². The number of benzene rings is 2. The first-order valence-corrected chi connectivity index (χ1v) is 8.10. The Labute approximate surface area is 142 Å². The molecular formula is C19H22BFO3. The van der Waals surface area contributed by atoms with Crippen LogP contribution in [0.4, 0.5) is 4.39 Å². The maximum atomic E-state index is 14.5. The van der Waals surface area contributed by atoms with Crippen molar-refractivity contribution < 1.29 is 18.4 Å². The molecule has 1 aliphatic rings. The minimum atomic E-state index is -0.710. The molecule has 24 heavy (non-hydrogen) atoms. The molecule has 2 aromatic rings. The van der Waals surface area contributed by atoms with E-state index in [0.29, 0.717) is 17.8 Å². The topological polar surface area (TPSA) is 27.7 Å². The van der Waals surface area contributed by atoms with Gasteiger partial charge in [0.15, 0.2) is 0 Å². The Morgan fingerprint density at radius 2 is 1.58 bits per heavy atom. The molecule has 0 bridgehead atoms. The van der Waals surface area contributed by atoms with Crippen molar-refractivity contribution in [3.05, 3.63) is 59.9 Å². The van der Waals surface area contributed by atoms with Gasteiger partial charge < -0.3 is 14.0 Å². The fourth-order valence-corrected chi connectivity index (χ4v) is 2.50. The Bertz CT molecular complexity index is 700. The Morgan fingerprint density at radius 1 is 0.958 bits per heavy atom. The monoisotopic (exact) mass is 328 g/mol. The van der Waals surface area contributed by atoms with Crippen LogP contribution >= 0.6 is 0 Å². The molecule has 0 spiro atoms. The molecule has 3 nitrogen and oxygen atoms in total. The third kappa shape index (κ3) is 3.33. The van der Waals surface area contributed by atoms with Crippen molar-refractivity contribution >= 4 is 12.6 Å². The minimum absolute atomic E-state index is 0.390. The van der Waals surface area contributed by atoms with Gasteiger partial charge in [0.25, 0.3) is 0 Å². The quantitative estimate of drug-likeness (QED) is 0.801. The molecule has 0 aliphatic carbocycles. The fourth-order valence-electron chi connectivity index (χ4n) is 2.50. The van der Waals surface area contributed by atoms with Crippen LogP contribution < -0.4 is 10.2 Å². The minimum Gasteiger partial charge on any atom is -0.489 e. The van der Waals surface area contributed by atoms with Crippen molar-refractivity contribution in [3.8, 4) is 5.75 Å². The molecule has 0 amide bonds. The first-order valence-electron chi connectivity index (χ1n) is 8.10. The van der Waals surface area contributed by atoms with Gasteiger partial charge in [-0.15, -0.1) is 0 Å². The lowest BCUT2D eigenvalue weighted by molar-refractivity contribution is 0.00578. The molecule has 2 aromatic carbocycles. The molecule has 3 rings (SSSR count). The summed E-state index contributed by atoms with van der Waals surface area (Å²) >= 11 is 0. The highest BCUT2D eigenvalue weighted by molar-refractivity contribution is 6.62. The Balaban J connectivity index is 1.72. The summed E-state index contributed by atoms with van der Waals surface area (Å²) in [6, 6.07) is 14.6. The molecule has 1 aliphatic heterocycles. The third-order valence-electron chi connectivity index (χ3n) is 4.73. The lowest BCUT2D eigenvalue weighted by atomic mass is 9.78. The van der Waals surface area contributed by atoms with Crippen LogP contribution in [0, 0.1) is 5.82 Å². The van der Waals surface area contributed by atoms with Gasteiger partial charge in [0.05, 0.1) is 11.2 Å². The van der Waals surface area contributed by atoms with Crippen molar-refractivity contribution in [1.82, 2.24) is 0 Å². The first-order chi connectivity index (χ1) is 11.3. The van der Waals surface area contributed by atoms with E-state index in [0.717, 1.165) is 5.56 Å². The smallest absolute Gasteiger partial charge is 0.489 e. The highest BCUT2D eigenvalue weighted by Crippen LogP contribution is 2.36. The zero-order chi connectivity index (χ0) is 17.4. The SMILES string of the molecule is CC1(C)OB(c2ccc(OCc3ccccc3)cc2F)OC1(C)C. The molecule has 0 radical (unpaired) electrons. The van der Waals surface area contributed by atoms with Crippen LogP contribution in [0.2, 0.25) is 0 Å². The van der Waals surface area contributed by atoms with E-state index in [1.54, 1.807) is 12.1 Å². The molecule has 5 heteroatoms. The molecule has 0 atom stereocenters. The fraction of sp³-hybridized carbons (Fsp3) is 0.368.